The van der Waals surface area contributed by atoms with Crippen molar-refractivity contribution in [1.82, 2.24) is 14.6 Å². The van der Waals surface area contributed by atoms with Gasteiger partial charge in [-0.1, -0.05) is 6.82 Å². The summed E-state index contributed by atoms with van der Waals surface area (Å²) in [5, 5.41) is 4.07. The lowest BCUT2D eigenvalue weighted by atomic mass is 9.78. The molecule has 2 N–H and O–H groups in total. The molecule has 0 bridgehead atoms. The number of anilines is 1. The highest BCUT2D eigenvalue weighted by Crippen LogP contribution is 2.05. The molecule has 0 spiro atoms. The second kappa shape index (κ2) is 2.51. The fourth-order valence-corrected chi connectivity index (χ4v) is 1.19. The van der Waals surface area contributed by atoms with Gasteiger partial charge in [0.05, 0.1) is 0 Å². The summed E-state index contributed by atoms with van der Waals surface area (Å²) in [5.74, 6) is 0.512. The summed E-state index contributed by atoms with van der Waals surface area (Å²) in [5.41, 5.74) is 7.52. The first-order chi connectivity index (χ1) is 5.83. The van der Waals surface area contributed by atoms with Gasteiger partial charge in [0.2, 0.25) is 0 Å². The molecule has 4 nitrogen and oxygen atoms in total. The Labute approximate surface area is 70.6 Å². The predicted octanol–water partition coefficient (Wildman–Crippen LogP) is -0.311. The van der Waals surface area contributed by atoms with Crippen molar-refractivity contribution in [2.45, 2.75) is 6.82 Å². The molecule has 1 radical (unpaired) electrons. The Morgan fingerprint density at radius 1 is 1.50 bits per heavy atom. The van der Waals surface area contributed by atoms with Gasteiger partial charge in [-0.15, -0.1) is 0 Å². The third-order valence-electron chi connectivity index (χ3n) is 1.81. The third kappa shape index (κ3) is 0.862. The van der Waals surface area contributed by atoms with Gasteiger partial charge in [-0.05, 0) is 17.7 Å². The zero-order chi connectivity index (χ0) is 8.55. The van der Waals surface area contributed by atoms with Crippen LogP contribution in [0.2, 0.25) is 6.82 Å². The van der Waals surface area contributed by atoms with Crippen LogP contribution in [0.1, 0.15) is 0 Å². The Bertz CT molecular complexity index is 409. The van der Waals surface area contributed by atoms with Crippen LogP contribution in [0, 0.1) is 0 Å². The molecular weight excluding hydrogens is 151 g/mol. The van der Waals surface area contributed by atoms with Crippen LogP contribution >= 0.6 is 0 Å². The largest absolute Gasteiger partial charge is 0.382 e. The molecular formula is C7H8BN4. The molecule has 2 aromatic rings. The molecule has 0 aliphatic carbocycles. The molecule has 0 unspecified atom stereocenters. The quantitative estimate of drug-likeness (QED) is 0.580. The molecule has 0 amide bonds. The SMILES string of the molecule is C[B]c1ccc2c(N)ncnn12. The lowest BCUT2D eigenvalue weighted by Gasteiger charge is -1.98. The van der Waals surface area contributed by atoms with Crippen molar-refractivity contribution in [1.29, 1.82) is 0 Å². The lowest BCUT2D eigenvalue weighted by Crippen LogP contribution is -2.19. The van der Waals surface area contributed by atoms with Crippen LogP contribution in [0.4, 0.5) is 5.82 Å². The molecule has 0 fully saturated rings. The molecule has 2 rings (SSSR count). The van der Waals surface area contributed by atoms with Crippen molar-refractivity contribution in [2.24, 2.45) is 0 Å². The zero-order valence-corrected chi connectivity index (χ0v) is 6.73. The summed E-state index contributed by atoms with van der Waals surface area (Å²) in [4.78, 5) is 3.89. The lowest BCUT2D eigenvalue weighted by molar-refractivity contribution is 0.928. The average molecular weight is 159 g/mol. The number of hydrogen-bond donors (Lipinski definition) is 1. The zero-order valence-electron chi connectivity index (χ0n) is 6.73. The van der Waals surface area contributed by atoms with Crippen molar-refractivity contribution >= 4 is 24.2 Å². The maximum absolute atomic E-state index is 5.64. The van der Waals surface area contributed by atoms with Crippen LogP contribution in [-0.2, 0) is 0 Å². The summed E-state index contributed by atoms with van der Waals surface area (Å²) in [6.07, 6.45) is 1.45. The molecule has 2 aromatic heterocycles. The van der Waals surface area contributed by atoms with Crippen LogP contribution in [0.3, 0.4) is 0 Å². The highest BCUT2D eigenvalue weighted by molar-refractivity contribution is 6.51. The van der Waals surface area contributed by atoms with Crippen molar-refractivity contribution in [2.75, 3.05) is 5.73 Å². The number of aromatic nitrogens is 3. The van der Waals surface area contributed by atoms with Crippen LogP contribution in [-0.4, -0.2) is 21.9 Å². The summed E-state index contributed by atoms with van der Waals surface area (Å²) < 4.78 is 1.77. The van der Waals surface area contributed by atoms with Crippen LogP contribution in [0.15, 0.2) is 18.5 Å². The first-order valence-electron chi connectivity index (χ1n) is 3.70. The Balaban J connectivity index is 2.80. The normalized spacial score (nSPS) is 10.4. The van der Waals surface area contributed by atoms with Crippen LogP contribution in [0.25, 0.3) is 5.52 Å². The first kappa shape index (κ1) is 7.15. The minimum atomic E-state index is 0.512. The van der Waals surface area contributed by atoms with Crippen molar-refractivity contribution in [3.8, 4) is 0 Å². The van der Waals surface area contributed by atoms with E-state index in [4.69, 9.17) is 5.73 Å². The number of nitrogens with two attached hydrogens (primary N) is 1. The van der Waals surface area contributed by atoms with Gasteiger partial charge in [-0.25, -0.2) is 9.50 Å². The fourth-order valence-electron chi connectivity index (χ4n) is 1.19. The second-order valence-electron chi connectivity index (χ2n) is 2.49. The summed E-state index contributed by atoms with van der Waals surface area (Å²) in [6.45, 7) is 1.96. The van der Waals surface area contributed by atoms with Gasteiger partial charge >= 0.3 is 0 Å². The minimum Gasteiger partial charge on any atom is -0.382 e. The molecule has 0 aromatic carbocycles. The topological polar surface area (TPSA) is 56.2 Å². The van der Waals surface area contributed by atoms with E-state index in [0.29, 0.717) is 5.82 Å². The van der Waals surface area contributed by atoms with E-state index >= 15 is 0 Å². The molecule has 59 valence electrons. The molecule has 0 saturated heterocycles. The second-order valence-corrected chi connectivity index (χ2v) is 2.49. The van der Waals surface area contributed by atoms with Crippen molar-refractivity contribution in [3.05, 3.63) is 18.5 Å². The van der Waals surface area contributed by atoms with Gasteiger partial charge in [0, 0.05) is 0 Å². The van der Waals surface area contributed by atoms with E-state index < -0.39 is 0 Å². The molecule has 0 atom stereocenters. The Kier molecular flexibility index (Phi) is 1.50. The highest BCUT2D eigenvalue weighted by atomic mass is 15.2. The Morgan fingerprint density at radius 3 is 3.08 bits per heavy atom. The van der Waals surface area contributed by atoms with Gasteiger partial charge in [0.25, 0.3) is 0 Å². The number of fused-ring (bicyclic) bond motifs is 1. The maximum atomic E-state index is 5.64. The van der Waals surface area contributed by atoms with E-state index in [1.165, 1.54) is 6.33 Å². The summed E-state index contributed by atoms with van der Waals surface area (Å²) in [7, 11) is 1.97. The fraction of sp³-hybridized carbons (Fsp3) is 0.143. The number of nitrogens with zero attached hydrogens (tertiary/aromatic N) is 3. The van der Waals surface area contributed by atoms with E-state index in [9.17, 15) is 0 Å². The van der Waals surface area contributed by atoms with Gasteiger partial charge in [0.15, 0.2) is 13.1 Å². The molecule has 0 saturated carbocycles. The van der Waals surface area contributed by atoms with Gasteiger partial charge in [-0.2, -0.15) is 5.10 Å². The van der Waals surface area contributed by atoms with E-state index in [0.717, 1.165) is 11.1 Å². The predicted molar refractivity (Wildman–Crippen MR) is 48.7 cm³/mol. The summed E-state index contributed by atoms with van der Waals surface area (Å²) in [6, 6.07) is 3.87. The summed E-state index contributed by atoms with van der Waals surface area (Å²) >= 11 is 0. The van der Waals surface area contributed by atoms with Crippen molar-refractivity contribution in [3.63, 3.8) is 0 Å². The molecule has 0 aliphatic rings. The Morgan fingerprint density at radius 2 is 2.33 bits per heavy atom. The monoisotopic (exact) mass is 159 g/mol. The third-order valence-corrected chi connectivity index (χ3v) is 1.81. The smallest absolute Gasteiger partial charge is 0.174 e. The Hall–Kier alpha value is -1.52. The van der Waals surface area contributed by atoms with Crippen molar-refractivity contribution < 1.29 is 0 Å². The number of rotatable bonds is 1. The molecule has 12 heavy (non-hydrogen) atoms. The number of nitrogen functional groups attached to an aromatic ring is 1. The highest BCUT2D eigenvalue weighted by Gasteiger charge is 2.03. The molecule has 2 heterocycles. The first-order valence-corrected chi connectivity index (χ1v) is 3.70. The van der Waals surface area contributed by atoms with Gasteiger partial charge < -0.3 is 5.73 Å². The molecule has 0 aliphatic heterocycles. The molecule has 5 heteroatoms. The van der Waals surface area contributed by atoms with Gasteiger partial charge in [-0.3, -0.25) is 0 Å². The van der Waals surface area contributed by atoms with Gasteiger partial charge in [0.1, 0.15) is 11.8 Å². The van der Waals surface area contributed by atoms with Crippen LogP contribution in [0.5, 0.6) is 0 Å². The maximum Gasteiger partial charge on any atom is 0.174 e. The van der Waals surface area contributed by atoms with E-state index in [1.54, 1.807) is 4.52 Å². The van der Waals surface area contributed by atoms with Crippen LogP contribution < -0.4 is 11.3 Å². The van der Waals surface area contributed by atoms with E-state index in [-0.39, 0.29) is 0 Å². The standard InChI is InChI=1S/C7H8BN4/c1-8-6-3-2-5-7(9)10-4-11-12(5)6/h2-4H,1H3,(H2,9,10,11). The van der Waals surface area contributed by atoms with E-state index in [2.05, 4.69) is 10.1 Å². The van der Waals surface area contributed by atoms with E-state index in [1.807, 2.05) is 26.2 Å². The number of hydrogen-bond acceptors (Lipinski definition) is 3. The minimum absolute atomic E-state index is 0.512. The average Bonchev–Trinajstić information content (AvgIpc) is 2.49.